The number of hydrogen-bond acceptors (Lipinski definition) is 4. The van der Waals surface area contributed by atoms with E-state index >= 15 is 0 Å². The first-order chi connectivity index (χ1) is 13.8. The van der Waals surface area contributed by atoms with Gasteiger partial charge in [-0.2, -0.15) is 4.31 Å². The quantitative estimate of drug-likeness (QED) is 0.799. The molecule has 0 radical (unpaired) electrons. The third kappa shape index (κ3) is 4.09. The zero-order valence-corrected chi connectivity index (χ0v) is 17.4. The van der Waals surface area contributed by atoms with Gasteiger partial charge in [0.2, 0.25) is 15.6 Å². The maximum Gasteiger partial charge on any atom is 0.252 e. The van der Waals surface area contributed by atoms with Crippen molar-refractivity contribution >= 4 is 26.8 Å². The van der Waals surface area contributed by atoms with E-state index in [2.05, 4.69) is 17.2 Å². The number of carbonyl (C=O) groups is 1. The van der Waals surface area contributed by atoms with Gasteiger partial charge in [0.05, 0.1) is 10.5 Å². The highest BCUT2D eigenvalue weighted by Gasteiger charge is 2.29. The summed E-state index contributed by atoms with van der Waals surface area (Å²) in [5, 5.41) is 3.44. The molecule has 1 aliphatic heterocycles. The van der Waals surface area contributed by atoms with E-state index in [-0.39, 0.29) is 28.0 Å². The number of nitrogens with zero attached hydrogens (tertiary/aromatic N) is 1. The van der Waals surface area contributed by atoms with Crippen LogP contribution >= 0.6 is 0 Å². The van der Waals surface area contributed by atoms with Gasteiger partial charge in [-0.3, -0.25) is 9.59 Å². The van der Waals surface area contributed by atoms with Crippen LogP contribution in [0.15, 0.2) is 34.0 Å². The zero-order chi connectivity index (χ0) is 20.6. The molecular weight excluding hydrogens is 390 g/mol. The molecule has 2 aliphatic rings. The van der Waals surface area contributed by atoms with Crippen LogP contribution in [-0.2, 0) is 10.0 Å². The van der Waals surface area contributed by atoms with Crippen LogP contribution in [-0.4, -0.2) is 42.7 Å². The lowest BCUT2D eigenvalue weighted by molar-refractivity contribution is 0.0939. The predicted molar refractivity (Wildman–Crippen MR) is 111 cm³/mol. The fourth-order valence-corrected chi connectivity index (χ4v) is 6.05. The summed E-state index contributed by atoms with van der Waals surface area (Å²) in [6.07, 6.45) is 5.89. The molecule has 1 atom stereocenters. The summed E-state index contributed by atoms with van der Waals surface area (Å²) in [7, 11) is -3.65. The van der Waals surface area contributed by atoms with Crippen LogP contribution in [0.2, 0.25) is 0 Å². The summed E-state index contributed by atoms with van der Waals surface area (Å²) >= 11 is 0. The molecule has 0 spiro atoms. The molecule has 2 N–H and O–H groups in total. The molecule has 1 saturated carbocycles. The zero-order valence-electron chi connectivity index (χ0n) is 16.6. The van der Waals surface area contributed by atoms with Crippen molar-refractivity contribution in [1.82, 2.24) is 14.6 Å². The molecular formula is C21H27N3O4S. The van der Waals surface area contributed by atoms with Gasteiger partial charge in [-0.05, 0) is 49.8 Å². The van der Waals surface area contributed by atoms with E-state index in [1.807, 2.05) is 0 Å². The van der Waals surface area contributed by atoms with Gasteiger partial charge in [0.15, 0.2) is 0 Å². The number of piperidine rings is 1. The molecule has 156 valence electrons. The molecule has 2 aromatic rings. The number of fused-ring (bicyclic) bond motifs is 1. The first-order valence-corrected chi connectivity index (χ1v) is 11.8. The maximum atomic E-state index is 13.2. The van der Waals surface area contributed by atoms with Gasteiger partial charge in [-0.15, -0.1) is 0 Å². The number of sulfonamides is 1. The Hall–Kier alpha value is -2.19. The smallest absolute Gasteiger partial charge is 0.252 e. The van der Waals surface area contributed by atoms with Gasteiger partial charge in [0.25, 0.3) is 5.91 Å². The Morgan fingerprint density at radius 1 is 1.14 bits per heavy atom. The van der Waals surface area contributed by atoms with Gasteiger partial charge >= 0.3 is 0 Å². The summed E-state index contributed by atoms with van der Waals surface area (Å²) in [6.45, 7) is 3.06. The van der Waals surface area contributed by atoms with Crippen molar-refractivity contribution in [2.75, 3.05) is 13.1 Å². The number of amides is 1. The van der Waals surface area contributed by atoms with E-state index in [1.165, 1.54) is 22.5 Å². The first kappa shape index (κ1) is 20.1. The van der Waals surface area contributed by atoms with Crippen molar-refractivity contribution in [3.8, 4) is 0 Å². The largest absolute Gasteiger partial charge is 0.349 e. The Labute approximate surface area is 170 Å². The maximum absolute atomic E-state index is 13.2. The molecule has 1 saturated heterocycles. The highest BCUT2D eigenvalue weighted by molar-refractivity contribution is 7.89. The summed E-state index contributed by atoms with van der Waals surface area (Å²) in [6, 6.07) is 5.96. The fourth-order valence-electron chi connectivity index (χ4n) is 4.43. The first-order valence-electron chi connectivity index (χ1n) is 10.3. The third-order valence-corrected chi connectivity index (χ3v) is 7.87. The number of pyridine rings is 1. The standard InChI is InChI=1S/C21H27N3O4S/c1-14-5-4-10-24(13-14)29(27,28)16-8-9-19-17(11-16)18(12-20(25)23-19)21(26)22-15-6-2-3-7-15/h8-9,11-12,14-15H,2-7,10,13H2,1H3,(H,22,26)(H,23,25)/t14-/m0/s1. The third-order valence-electron chi connectivity index (χ3n) is 6.01. The van der Waals surface area contributed by atoms with Crippen molar-refractivity contribution in [2.45, 2.75) is 56.4 Å². The lowest BCUT2D eigenvalue weighted by Gasteiger charge is -2.30. The summed E-state index contributed by atoms with van der Waals surface area (Å²) in [4.78, 5) is 27.8. The molecule has 7 nitrogen and oxygen atoms in total. The average molecular weight is 418 g/mol. The van der Waals surface area contributed by atoms with Crippen molar-refractivity contribution in [1.29, 1.82) is 0 Å². The van der Waals surface area contributed by atoms with Crippen LogP contribution in [0.1, 0.15) is 55.8 Å². The van der Waals surface area contributed by atoms with Crippen molar-refractivity contribution < 1.29 is 13.2 Å². The van der Waals surface area contributed by atoms with Crippen molar-refractivity contribution in [3.63, 3.8) is 0 Å². The second-order valence-corrected chi connectivity index (χ2v) is 10.3. The van der Waals surface area contributed by atoms with Crippen LogP contribution in [0, 0.1) is 5.92 Å². The number of carbonyl (C=O) groups excluding carboxylic acids is 1. The number of nitrogens with one attached hydrogen (secondary N) is 2. The van der Waals surface area contributed by atoms with E-state index < -0.39 is 10.0 Å². The number of rotatable bonds is 4. The second-order valence-electron chi connectivity index (χ2n) is 8.32. The van der Waals surface area contributed by atoms with Crippen LogP contribution in [0.25, 0.3) is 10.9 Å². The molecule has 0 bridgehead atoms. The number of aromatic amines is 1. The van der Waals surface area contributed by atoms with E-state index in [0.717, 1.165) is 38.5 Å². The molecule has 1 aromatic carbocycles. The lowest BCUT2D eigenvalue weighted by atomic mass is 10.0. The van der Waals surface area contributed by atoms with Crippen LogP contribution < -0.4 is 10.9 Å². The van der Waals surface area contributed by atoms with E-state index in [0.29, 0.717) is 29.9 Å². The number of H-pyrrole nitrogens is 1. The SMILES string of the molecule is C[C@H]1CCCN(S(=O)(=O)c2ccc3[nH]c(=O)cc(C(=O)NC4CCCC4)c3c2)C1. The lowest BCUT2D eigenvalue weighted by Crippen LogP contribution is -2.39. The summed E-state index contributed by atoms with van der Waals surface area (Å²) in [5.74, 6) is -0.00257. The molecule has 29 heavy (non-hydrogen) atoms. The van der Waals surface area contributed by atoms with Crippen molar-refractivity contribution in [3.05, 3.63) is 40.2 Å². The second kappa shape index (κ2) is 7.91. The minimum absolute atomic E-state index is 0.110. The average Bonchev–Trinajstić information content (AvgIpc) is 3.20. The number of aromatic nitrogens is 1. The van der Waals surface area contributed by atoms with E-state index in [9.17, 15) is 18.0 Å². The van der Waals surface area contributed by atoms with E-state index in [1.54, 1.807) is 6.07 Å². The van der Waals surface area contributed by atoms with Crippen molar-refractivity contribution in [2.24, 2.45) is 5.92 Å². The van der Waals surface area contributed by atoms with Gasteiger partial charge < -0.3 is 10.3 Å². The molecule has 2 fully saturated rings. The molecule has 4 rings (SSSR count). The van der Waals surface area contributed by atoms with E-state index in [4.69, 9.17) is 0 Å². The molecule has 0 unspecified atom stereocenters. The van der Waals surface area contributed by atoms with Gasteiger partial charge in [0, 0.05) is 36.1 Å². The van der Waals surface area contributed by atoms with Gasteiger partial charge in [-0.25, -0.2) is 8.42 Å². The monoisotopic (exact) mass is 417 g/mol. The molecule has 2 heterocycles. The Kier molecular flexibility index (Phi) is 5.48. The topological polar surface area (TPSA) is 99.3 Å². The van der Waals surface area contributed by atoms with Crippen LogP contribution in [0.5, 0.6) is 0 Å². The van der Waals surface area contributed by atoms with Gasteiger partial charge in [0.1, 0.15) is 0 Å². The Morgan fingerprint density at radius 2 is 1.90 bits per heavy atom. The normalized spacial score (nSPS) is 21.5. The highest BCUT2D eigenvalue weighted by Crippen LogP contribution is 2.27. The highest BCUT2D eigenvalue weighted by atomic mass is 32.2. The molecule has 8 heteroatoms. The molecule has 1 aromatic heterocycles. The van der Waals surface area contributed by atoms with Gasteiger partial charge in [-0.1, -0.05) is 19.8 Å². The number of benzene rings is 1. The van der Waals surface area contributed by atoms with Crippen LogP contribution in [0.4, 0.5) is 0 Å². The number of hydrogen-bond donors (Lipinski definition) is 2. The predicted octanol–water partition coefficient (Wildman–Crippen LogP) is 2.62. The minimum atomic E-state index is -3.65. The molecule has 1 aliphatic carbocycles. The Balaban J connectivity index is 1.73. The Bertz CT molecular complexity index is 1090. The molecule has 1 amide bonds. The summed E-state index contributed by atoms with van der Waals surface area (Å²) in [5.41, 5.74) is 0.300. The summed E-state index contributed by atoms with van der Waals surface area (Å²) < 4.78 is 27.8. The van der Waals surface area contributed by atoms with Crippen LogP contribution in [0.3, 0.4) is 0 Å². The fraction of sp³-hybridized carbons (Fsp3) is 0.524. The Morgan fingerprint density at radius 3 is 2.62 bits per heavy atom. The minimum Gasteiger partial charge on any atom is -0.349 e.